The molecule has 2 aromatic rings. The van der Waals surface area contributed by atoms with Gasteiger partial charge in [0.15, 0.2) is 5.82 Å². The predicted octanol–water partition coefficient (Wildman–Crippen LogP) is 2.31. The zero-order valence-corrected chi connectivity index (χ0v) is 19.7. The lowest BCUT2D eigenvalue weighted by molar-refractivity contribution is 0.370. The molecule has 2 fully saturated rings. The molecule has 0 radical (unpaired) electrons. The molecule has 1 aromatic heterocycles. The fourth-order valence-corrected chi connectivity index (χ4v) is 8.21. The van der Waals surface area contributed by atoms with E-state index in [1.807, 2.05) is 0 Å². The summed E-state index contributed by atoms with van der Waals surface area (Å²) in [6, 6.07) is 5.31. The molecule has 1 unspecified atom stereocenters. The minimum Gasteiger partial charge on any atom is -0.314 e. The molecular formula is C21H29N5O4S2. The second kappa shape index (κ2) is 8.51. The molecule has 0 N–H and O–H groups in total. The Labute approximate surface area is 189 Å². The third-order valence-electron chi connectivity index (χ3n) is 6.77. The highest BCUT2D eigenvalue weighted by Crippen LogP contribution is 2.37. The summed E-state index contributed by atoms with van der Waals surface area (Å²) in [5, 5.41) is 8.74. The molecule has 4 heterocycles. The van der Waals surface area contributed by atoms with E-state index >= 15 is 0 Å². The van der Waals surface area contributed by atoms with Gasteiger partial charge >= 0.3 is 0 Å². The van der Waals surface area contributed by atoms with Crippen LogP contribution in [0.1, 0.15) is 62.6 Å². The smallest absolute Gasteiger partial charge is 0.243 e. The van der Waals surface area contributed by atoms with Crippen LogP contribution in [0.3, 0.4) is 0 Å². The Bertz CT molecular complexity index is 1190. The molecule has 174 valence electrons. The van der Waals surface area contributed by atoms with E-state index in [-0.39, 0.29) is 15.8 Å². The molecule has 11 heteroatoms. The molecule has 0 spiro atoms. The van der Waals surface area contributed by atoms with Gasteiger partial charge in [0.2, 0.25) is 20.0 Å². The van der Waals surface area contributed by atoms with Crippen LogP contribution in [-0.4, -0.2) is 59.8 Å². The van der Waals surface area contributed by atoms with Gasteiger partial charge in [-0.25, -0.2) is 16.8 Å². The van der Waals surface area contributed by atoms with Crippen molar-refractivity contribution in [2.24, 2.45) is 0 Å². The van der Waals surface area contributed by atoms with E-state index in [2.05, 4.69) is 14.8 Å². The van der Waals surface area contributed by atoms with Crippen LogP contribution in [0, 0.1) is 0 Å². The van der Waals surface area contributed by atoms with Gasteiger partial charge in [-0.1, -0.05) is 6.42 Å². The fourth-order valence-electron chi connectivity index (χ4n) is 5.04. The van der Waals surface area contributed by atoms with Gasteiger partial charge < -0.3 is 4.57 Å². The van der Waals surface area contributed by atoms with Crippen molar-refractivity contribution >= 4 is 20.0 Å². The van der Waals surface area contributed by atoms with E-state index in [9.17, 15) is 16.8 Å². The van der Waals surface area contributed by atoms with Crippen LogP contribution in [0.5, 0.6) is 0 Å². The van der Waals surface area contributed by atoms with Crippen molar-refractivity contribution in [3.8, 4) is 0 Å². The van der Waals surface area contributed by atoms with E-state index in [1.54, 1.807) is 0 Å². The van der Waals surface area contributed by atoms with Gasteiger partial charge in [-0.3, -0.25) is 0 Å². The third-order valence-corrected chi connectivity index (χ3v) is 10.6. The molecule has 1 atom stereocenters. The number of aryl methyl sites for hydroxylation is 1. The molecule has 2 saturated heterocycles. The third kappa shape index (κ3) is 3.78. The molecule has 32 heavy (non-hydrogen) atoms. The Kier molecular flexibility index (Phi) is 5.85. The number of fused-ring (bicyclic) bond motifs is 1. The molecule has 3 aliphatic heterocycles. The van der Waals surface area contributed by atoms with Gasteiger partial charge in [-0.15, -0.1) is 10.2 Å². The topological polar surface area (TPSA) is 105 Å². The lowest BCUT2D eigenvalue weighted by Gasteiger charge is -2.24. The minimum atomic E-state index is -3.79. The molecular weight excluding hydrogens is 450 g/mol. The Balaban J connectivity index is 1.42. The molecule has 0 saturated carbocycles. The molecule has 0 amide bonds. The van der Waals surface area contributed by atoms with Crippen LogP contribution in [0.15, 0.2) is 34.1 Å². The van der Waals surface area contributed by atoms with E-state index in [0.29, 0.717) is 26.1 Å². The van der Waals surface area contributed by atoms with Crippen LogP contribution < -0.4 is 0 Å². The first-order chi connectivity index (χ1) is 15.4. The van der Waals surface area contributed by atoms with E-state index in [1.165, 1.54) is 32.9 Å². The highest BCUT2D eigenvalue weighted by molar-refractivity contribution is 7.89. The van der Waals surface area contributed by atoms with Crippen LogP contribution in [0.4, 0.5) is 0 Å². The number of hydrogen-bond acceptors (Lipinski definition) is 6. The highest BCUT2D eigenvalue weighted by atomic mass is 32.2. The Morgan fingerprint density at radius 2 is 1.38 bits per heavy atom. The maximum absolute atomic E-state index is 13.5. The maximum atomic E-state index is 13.5. The standard InChI is InChI=1S/C21H29N5O4S2/c27-31(28,24-13-4-5-14-24)17-9-11-18(12-10-17)32(29,30)26-16-6-7-19(26)21-23-22-20-8-2-1-3-15-25(20)21/h9-12,19H,1-8,13-16H2. The first kappa shape index (κ1) is 22.0. The number of nitrogens with zero attached hydrogens (tertiary/aromatic N) is 5. The summed E-state index contributed by atoms with van der Waals surface area (Å²) in [6.07, 6.45) is 7.32. The molecule has 3 aliphatic rings. The van der Waals surface area contributed by atoms with Crippen LogP contribution in [0.25, 0.3) is 0 Å². The predicted molar refractivity (Wildman–Crippen MR) is 118 cm³/mol. The summed E-state index contributed by atoms with van der Waals surface area (Å²) in [4.78, 5) is 0.250. The summed E-state index contributed by atoms with van der Waals surface area (Å²) in [5.74, 6) is 1.68. The van der Waals surface area contributed by atoms with Crippen molar-refractivity contribution in [1.82, 2.24) is 23.4 Å². The number of hydrogen-bond donors (Lipinski definition) is 0. The van der Waals surface area contributed by atoms with Gasteiger partial charge in [-0.2, -0.15) is 8.61 Å². The van der Waals surface area contributed by atoms with Gasteiger partial charge in [0.1, 0.15) is 5.82 Å². The molecule has 1 aromatic carbocycles. The first-order valence-electron chi connectivity index (χ1n) is 11.4. The van der Waals surface area contributed by atoms with Crippen molar-refractivity contribution in [3.05, 3.63) is 35.9 Å². The van der Waals surface area contributed by atoms with Crippen molar-refractivity contribution in [1.29, 1.82) is 0 Å². The number of sulfonamides is 2. The highest BCUT2D eigenvalue weighted by Gasteiger charge is 2.39. The Hall–Kier alpha value is -1.82. The van der Waals surface area contributed by atoms with Crippen LogP contribution >= 0.6 is 0 Å². The minimum absolute atomic E-state index is 0.111. The number of rotatable bonds is 5. The van der Waals surface area contributed by atoms with Crippen LogP contribution in [-0.2, 0) is 33.0 Å². The van der Waals surface area contributed by atoms with Crippen LogP contribution in [0.2, 0.25) is 0 Å². The zero-order valence-electron chi connectivity index (χ0n) is 18.1. The number of aromatic nitrogens is 3. The summed E-state index contributed by atoms with van der Waals surface area (Å²) in [6.45, 7) is 2.27. The lowest BCUT2D eigenvalue weighted by atomic mass is 10.2. The normalized spacial score (nSPS) is 23.3. The summed E-state index contributed by atoms with van der Waals surface area (Å²) < 4.78 is 57.6. The molecule has 0 aliphatic carbocycles. The monoisotopic (exact) mass is 479 g/mol. The van der Waals surface area contributed by atoms with Crippen molar-refractivity contribution < 1.29 is 16.8 Å². The van der Waals surface area contributed by atoms with Gasteiger partial charge in [0.05, 0.1) is 15.8 Å². The first-order valence-corrected chi connectivity index (χ1v) is 14.3. The largest absolute Gasteiger partial charge is 0.314 e. The Morgan fingerprint density at radius 1 is 0.719 bits per heavy atom. The van der Waals surface area contributed by atoms with Gasteiger partial charge in [-0.05, 0) is 62.8 Å². The SMILES string of the molecule is O=S(=O)(c1ccc(S(=O)(=O)N2CCCC2c2nnc3n2CCCCC3)cc1)N1CCCC1. The lowest BCUT2D eigenvalue weighted by Crippen LogP contribution is -2.32. The fraction of sp³-hybridized carbons (Fsp3) is 0.619. The quantitative estimate of drug-likeness (QED) is 0.652. The molecule has 0 bridgehead atoms. The second-order valence-electron chi connectivity index (χ2n) is 8.79. The summed E-state index contributed by atoms with van der Waals surface area (Å²) in [7, 11) is -7.36. The van der Waals surface area contributed by atoms with Gasteiger partial charge in [0.25, 0.3) is 0 Å². The van der Waals surface area contributed by atoms with Crippen molar-refractivity contribution in [3.63, 3.8) is 0 Å². The average Bonchev–Trinajstić information content (AvgIpc) is 3.53. The summed E-state index contributed by atoms with van der Waals surface area (Å²) >= 11 is 0. The van der Waals surface area contributed by atoms with E-state index in [4.69, 9.17) is 0 Å². The molecule has 5 rings (SSSR count). The second-order valence-corrected chi connectivity index (χ2v) is 12.6. The van der Waals surface area contributed by atoms with E-state index < -0.39 is 20.0 Å². The van der Waals surface area contributed by atoms with Gasteiger partial charge in [0, 0.05) is 32.6 Å². The summed E-state index contributed by atoms with van der Waals surface area (Å²) in [5.41, 5.74) is 0. The Morgan fingerprint density at radius 3 is 2.09 bits per heavy atom. The number of benzene rings is 1. The van der Waals surface area contributed by atoms with E-state index in [0.717, 1.165) is 63.1 Å². The molecule has 9 nitrogen and oxygen atoms in total. The average molecular weight is 480 g/mol. The maximum Gasteiger partial charge on any atom is 0.243 e. The van der Waals surface area contributed by atoms with Crippen molar-refractivity contribution in [2.75, 3.05) is 19.6 Å². The zero-order chi connectivity index (χ0) is 22.3. The van der Waals surface area contributed by atoms with Crippen molar-refractivity contribution in [2.45, 2.75) is 73.7 Å².